The summed E-state index contributed by atoms with van der Waals surface area (Å²) in [6, 6.07) is 12.4. The van der Waals surface area contributed by atoms with Crippen molar-refractivity contribution in [3.63, 3.8) is 0 Å². The number of aliphatic hydroxyl groups is 1. The number of thiophene rings is 1. The molecule has 160 valence electrons. The lowest BCUT2D eigenvalue weighted by molar-refractivity contribution is 0.199. The molecule has 0 aliphatic heterocycles. The third-order valence-electron chi connectivity index (χ3n) is 4.44. The summed E-state index contributed by atoms with van der Waals surface area (Å²) in [5.41, 5.74) is 7.69. The molecule has 0 saturated carbocycles. The topological polar surface area (TPSA) is 121 Å². The van der Waals surface area contributed by atoms with Crippen molar-refractivity contribution in [1.29, 1.82) is 0 Å². The van der Waals surface area contributed by atoms with Crippen molar-refractivity contribution in [3.05, 3.63) is 54.2 Å². The van der Waals surface area contributed by atoms with Gasteiger partial charge in [-0.15, -0.1) is 11.3 Å². The van der Waals surface area contributed by atoms with Crippen LogP contribution in [0.5, 0.6) is 0 Å². The third-order valence-corrected chi connectivity index (χ3v) is 7.99. The van der Waals surface area contributed by atoms with Gasteiger partial charge in [0.15, 0.2) is 0 Å². The molecule has 0 radical (unpaired) electrons. The summed E-state index contributed by atoms with van der Waals surface area (Å²) in [5.74, 6) is 0.381. The van der Waals surface area contributed by atoms with E-state index in [0.29, 0.717) is 18.2 Å². The van der Waals surface area contributed by atoms with Crippen LogP contribution < -0.4 is 11.1 Å². The Labute approximate surface area is 180 Å². The first-order valence-corrected chi connectivity index (χ1v) is 11.8. The summed E-state index contributed by atoms with van der Waals surface area (Å²) >= 11 is 1.16. The van der Waals surface area contributed by atoms with E-state index >= 15 is 0 Å². The molecule has 1 aromatic carbocycles. The minimum absolute atomic E-state index is 0.255. The molecule has 2 heterocycles. The van der Waals surface area contributed by atoms with Crippen molar-refractivity contribution in [2.45, 2.75) is 24.2 Å². The number of anilines is 2. The van der Waals surface area contributed by atoms with Gasteiger partial charge in [-0.25, -0.2) is 18.4 Å². The largest absolute Gasteiger partial charge is 0.389 e. The van der Waals surface area contributed by atoms with Crippen LogP contribution in [-0.2, 0) is 10.0 Å². The van der Waals surface area contributed by atoms with Crippen molar-refractivity contribution in [2.24, 2.45) is 5.73 Å². The Morgan fingerprint density at radius 1 is 1.27 bits per heavy atom. The Hall–Kier alpha value is -2.37. The summed E-state index contributed by atoms with van der Waals surface area (Å²) in [6.07, 6.45) is 1.04. The molecule has 0 saturated heterocycles. The lowest BCUT2D eigenvalue weighted by atomic mass is 10.1. The minimum atomic E-state index is -3.58. The molecule has 0 aliphatic carbocycles. The van der Waals surface area contributed by atoms with Gasteiger partial charge in [0.25, 0.3) is 10.0 Å². The van der Waals surface area contributed by atoms with E-state index in [1.165, 1.54) is 4.31 Å². The van der Waals surface area contributed by atoms with Crippen LogP contribution in [0.3, 0.4) is 0 Å². The Kier molecular flexibility index (Phi) is 7.16. The molecule has 1 unspecified atom stereocenters. The van der Waals surface area contributed by atoms with Crippen LogP contribution in [0.2, 0.25) is 0 Å². The SMILES string of the molecule is CCN(CCN)S(=O)(=O)c1ccc(-c2ccnc(Nc3cccc(C(C)O)c3)n2)s1. The van der Waals surface area contributed by atoms with Gasteiger partial charge in [0.1, 0.15) is 4.21 Å². The van der Waals surface area contributed by atoms with E-state index in [1.807, 2.05) is 24.3 Å². The fraction of sp³-hybridized carbons (Fsp3) is 0.300. The van der Waals surface area contributed by atoms with Gasteiger partial charge >= 0.3 is 0 Å². The highest BCUT2D eigenvalue weighted by molar-refractivity contribution is 7.91. The van der Waals surface area contributed by atoms with E-state index in [-0.39, 0.29) is 17.3 Å². The summed E-state index contributed by atoms with van der Waals surface area (Å²) in [4.78, 5) is 9.47. The van der Waals surface area contributed by atoms with Crippen LogP contribution in [0.25, 0.3) is 10.6 Å². The Balaban J connectivity index is 1.84. The van der Waals surface area contributed by atoms with Crippen LogP contribution in [-0.4, -0.2) is 47.4 Å². The van der Waals surface area contributed by atoms with Gasteiger partial charge < -0.3 is 16.2 Å². The number of sulfonamides is 1. The van der Waals surface area contributed by atoms with Gasteiger partial charge in [-0.2, -0.15) is 4.31 Å². The summed E-state index contributed by atoms with van der Waals surface area (Å²) in [7, 11) is -3.58. The summed E-state index contributed by atoms with van der Waals surface area (Å²) < 4.78 is 27.2. The maximum Gasteiger partial charge on any atom is 0.252 e. The molecule has 2 aromatic heterocycles. The lowest BCUT2D eigenvalue weighted by Crippen LogP contribution is -2.34. The second kappa shape index (κ2) is 9.63. The number of nitrogens with one attached hydrogen (secondary N) is 1. The second-order valence-corrected chi connectivity index (χ2v) is 9.84. The molecule has 8 nitrogen and oxygen atoms in total. The maximum atomic E-state index is 12.8. The molecule has 30 heavy (non-hydrogen) atoms. The smallest absolute Gasteiger partial charge is 0.252 e. The Bertz CT molecular complexity index is 1100. The molecule has 0 aliphatic rings. The third kappa shape index (κ3) is 5.02. The molecule has 3 rings (SSSR count). The van der Waals surface area contributed by atoms with Crippen molar-refractivity contribution in [2.75, 3.05) is 25.0 Å². The molecular weight excluding hydrogens is 422 g/mol. The molecule has 0 spiro atoms. The monoisotopic (exact) mass is 447 g/mol. The number of rotatable bonds is 9. The molecule has 0 amide bonds. The van der Waals surface area contributed by atoms with Crippen LogP contribution in [0.1, 0.15) is 25.5 Å². The van der Waals surface area contributed by atoms with Gasteiger partial charge in [0.2, 0.25) is 5.95 Å². The number of hydrogen-bond donors (Lipinski definition) is 3. The summed E-state index contributed by atoms with van der Waals surface area (Å²) in [6.45, 7) is 4.39. The Morgan fingerprint density at radius 3 is 2.77 bits per heavy atom. The first-order chi connectivity index (χ1) is 14.3. The van der Waals surface area contributed by atoms with E-state index in [2.05, 4.69) is 15.3 Å². The molecule has 1 atom stereocenters. The average molecular weight is 448 g/mol. The molecule has 4 N–H and O–H groups in total. The fourth-order valence-electron chi connectivity index (χ4n) is 2.88. The van der Waals surface area contributed by atoms with Crippen LogP contribution in [0.4, 0.5) is 11.6 Å². The zero-order chi connectivity index (χ0) is 21.7. The number of aliphatic hydroxyl groups excluding tert-OH is 1. The number of benzene rings is 1. The van der Waals surface area contributed by atoms with Crippen molar-refractivity contribution < 1.29 is 13.5 Å². The number of nitrogens with zero attached hydrogens (tertiary/aromatic N) is 3. The second-order valence-electron chi connectivity index (χ2n) is 6.60. The van der Waals surface area contributed by atoms with E-state index in [9.17, 15) is 13.5 Å². The summed E-state index contributed by atoms with van der Waals surface area (Å²) in [5, 5.41) is 12.9. The molecule has 0 bridgehead atoms. The van der Waals surface area contributed by atoms with Gasteiger partial charge in [0.05, 0.1) is 16.7 Å². The van der Waals surface area contributed by atoms with Gasteiger partial charge in [-0.1, -0.05) is 19.1 Å². The molecular formula is C20H25N5O3S2. The predicted octanol–water partition coefficient (Wildman–Crippen LogP) is 2.97. The first kappa shape index (κ1) is 22.3. The number of hydrogen-bond acceptors (Lipinski definition) is 8. The minimum Gasteiger partial charge on any atom is -0.389 e. The highest BCUT2D eigenvalue weighted by atomic mass is 32.2. The van der Waals surface area contributed by atoms with E-state index in [0.717, 1.165) is 27.5 Å². The molecule has 0 fully saturated rings. The van der Waals surface area contributed by atoms with Crippen LogP contribution in [0.15, 0.2) is 52.9 Å². The average Bonchev–Trinajstić information content (AvgIpc) is 3.23. The predicted molar refractivity (Wildman–Crippen MR) is 119 cm³/mol. The Morgan fingerprint density at radius 2 is 2.07 bits per heavy atom. The van der Waals surface area contributed by atoms with Crippen molar-refractivity contribution in [1.82, 2.24) is 14.3 Å². The molecule has 10 heteroatoms. The lowest BCUT2D eigenvalue weighted by Gasteiger charge is -2.18. The number of aromatic nitrogens is 2. The highest BCUT2D eigenvalue weighted by Gasteiger charge is 2.24. The zero-order valence-corrected chi connectivity index (χ0v) is 18.4. The van der Waals surface area contributed by atoms with Crippen molar-refractivity contribution in [3.8, 4) is 10.6 Å². The first-order valence-electron chi connectivity index (χ1n) is 9.53. The zero-order valence-electron chi connectivity index (χ0n) is 16.8. The number of nitrogens with two attached hydrogens (primary N) is 1. The standard InChI is InChI=1S/C20H25N5O3S2/c1-3-25(12-10-21)30(27,28)19-8-7-18(29-19)17-9-11-22-20(24-17)23-16-6-4-5-15(13-16)14(2)26/h4-9,11,13-14,26H,3,10,12,21H2,1-2H3,(H,22,23,24). The van der Waals surface area contributed by atoms with E-state index in [4.69, 9.17) is 5.73 Å². The normalized spacial score (nSPS) is 12.8. The number of likely N-dealkylation sites (N-methyl/N-ethyl adjacent to an activating group) is 1. The van der Waals surface area contributed by atoms with Crippen molar-refractivity contribution >= 4 is 33.0 Å². The molecule has 3 aromatic rings. The van der Waals surface area contributed by atoms with E-state index in [1.54, 1.807) is 38.2 Å². The van der Waals surface area contributed by atoms with Gasteiger partial charge in [-0.05, 0) is 42.8 Å². The van der Waals surface area contributed by atoms with Gasteiger partial charge in [-0.3, -0.25) is 0 Å². The quantitative estimate of drug-likeness (QED) is 0.461. The maximum absolute atomic E-state index is 12.8. The van der Waals surface area contributed by atoms with Crippen LogP contribution >= 0.6 is 11.3 Å². The highest BCUT2D eigenvalue weighted by Crippen LogP contribution is 2.31. The van der Waals surface area contributed by atoms with Gasteiger partial charge in [0, 0.05) is 31.5 Å². The fourth-order valence-corrected chi connectivity index (χ4v) is 5.77. The van der Waals surface area contributed by atoms with E-state index < -0.39 is 16.1 Å². The van der Waals surface area contributed by atoms with Crippen LogP contribution in [0, 0.1) is 0 Å².